The van der Waals surface area contributed by atoms with Crippen LogP contribution in [0.15, 0.2) is 24.3 Å². The lowest BCUT2D eigenvalue weighted by molar-refractivity contribution is 0.630. The largest absolute Gasteiger partial charge is 0.358 e. The Balaban J connectivity index is 2.32. The summed E-state index contributed by atoms with van der Waals surface area (Å²) in [6, 6.07) is 6.83. The molecule has 1 nitrogen and oxygen atoms in total. The van der Waals surface area contributed by atoms with Crippen LogP contribution in [0.4, 0.5) is 4.39 Å². The summed E-state index contributed by atoms with van der Waals surface area (Å²) < 4.78 is 12.9. The van der Waals surface area contributed by atoms with E-state index in [2.05, 4.69) is 20.9 Å². The van der Waals surface area contributed by atoms with Gasteiger partial charge in [-0.1, -0.05) is 15.9 Å². The lowest BCUT2D eigenvalue weighted by atomic mass is 10.2. The molecule has 0 amide bonds. The van der Waals surface area contributed by atoms with Crippen LogP contribution in [-0.4, -0.2) is 10.3 Å². The van der Waals surface area contributed by atoms with Gasteiger partial charge in [0.15, 0.2) is 0 Å². The van der Waals surface area contributed by atoms with Crippen molar-refractivity contribution in [1.29, 1.82) is 0 Å². The third-order valence-corrected chi connectivity index (χ3v) is 2.78. The fourth-order valence-corrected chi connectivity index (χ4v) is 1.84. The van der Waals surface area contributed by atoms with Crippen molar-refractivity contribution in [3.05, 3.63) is 35.8 Å². The summed E-state index contributed by atoms with van der Waals surface area (Å²) in [6.07, 6.45) is 2.09. The van der Waals surface area contributed by atoms with Crippen LogP contribution in [0.25, 0.3) is 10.9 Å². The third kappa shape index (κ3) is 1.98. The van der Waals surface area contributed by atoms with E-state index >= 15 is 0 Å². The number of H-pyrrole nitrogens is 1. The highest BCUT2D eigenvalue weighted by molar-refractivity contribution is 9.09. The quantitative estimate of drug-likeness (QED) is 0.807. The molecule has 1 N–H and O–H groups in total. The first-order chi connectivity index (χ1) is 6.79. The molecule has 0 atom stereocenters. The van der Waals surface area contributed by atoms with E-state index in [1.165, 1.54) is 11.8 Å². The fourth-order valence-electron chi connectivity index (χ4n) is 1.56. The minimum Gasteiger partial charge on any atom is -0.358 e. The van der Waals surface area contributed by atoms with Crippen molar-refractivity contribution in [2.24, 2.45) is 0 Å². The van der Waals surface area contributed by atoms with Crippen molar-refractivity contribution >= 4 is 26.8 Å². The van der Waals surface area contributed by atoms with Crippen molar-refractivity contribution in [2.75, 3.05) is 5.33 Å². The molecule has 1 aromatic carbocycles. The van der Waals surface area contributed by atoms with Crippen LogP contribution in [0.2, 0.25) is 0 Å². The Labute approximate surface area is 90.5 Å². The molecule has 1 heterocycles. The molecular formula is C11H11BrFN. The van der Waals surface area contributed by atoms with Gasteiger partial charge in [0.25, 0.3) is 0 Å². The Kier molecular flexibility index (Phi) is 2.87. The smallest absolute Gasteiger partial charge is 0.123 e. The molecule has 3 heteroatoms. The molecule has 0 aliphatic heterocycles. The highest BCUT2D eigenvalue weighted by Gasteiger charge is 2.01. The molecule has 2 rings (SSSR count). The van der Waals surface area contributed by atoms with Gasteiger partial charge in [-0.05, 0) is 37.1 Å². The van der Waals surface area contributed by atoms with Gasteiger partial charge in [-0.3, -0.25) is 0 Å². The molecule has 74 valence electrons. The fraction of sp³-hybridized carbons (Fsp3) is 0.273. The monoisotopic (exact) mass is 255 g/mol. The van der Waals surface area contributed by atoms with E-state index in [4.69, 9.17) is 0 Å². The van der Waals surface area contributed by atoms with Crippen LogP contribution >= 0.6 is 15.9 Å². The van der Waals surface area contributed by atoms with Gasteiger partial charge in [0.2, 0.25) is 0 Å². The van der Waals surface area contributed by atoms with Crippen LogP contribution in [0, 0.1) is 5.82 Å². The maximum atomic E-state index is 12.9. The van der Waals surface area contributed by atoms with Crippen LogP contribution in [0.1, 0.15) is 12.1 Å². The summed E-state index contributed by atoms with van der Waals surface area (Å²) in [5.74, 6) is -0.177. The number of aromatic nitrogens is 1. The first kappa shape index (κ1) is 9.71. The normalized spacial score (nSPS) is 11.0. The predicted octanol–water partition coefficient (Wildman–Crippen LogP) is 3.63. The second-order valence-electron chi connectivity index (χ2n) is 3.32. The number of aryl methyl sites for hydroxylation is 1. The summed E-state index contributed by atoms with van der Waals surface area (Å²) in [7, 11) is 0. The number of hydrogen-bond acceptors (Lipinski definition) is 0. The van der Waals surface area contributed by atoms with E-state index in [1.54, 1.807) is 12.1 Å². The van der Waals surface area contributed by atoms with E-state index in [9.17, 15) is 4.39 Å². The molecule has 0 spiro atoms. The van der Waals surface area contributed by atoms with Gasteiger partial charge in [0.1, 0.15) is 5.82 Å². The van der Waals surface area contributed by atoms with Gasteiger partial charge < -0.3 is 4.98 Å². The molecule has 14 heavy (non-hydrogen) atoms. The van der Waals surface area contributed by atoms with Gasteiger partial charge in [-0.15, -0.1) is 0 Å². The highest BCUT2D eigenvalue weighted by atomic mass is 79.9. The lowest BCUT2D eigenvalue weighted by Crippen LogP contribution is -1.84. The van der Waals surface area contributed by atoms with Crippen molar-refractivity contribution in [2.45, 2.75) is 12.8 Å². The minimum atomic E-state index is -0.177. The number of halogens is 2. The first-order valence-electron chi connectivity index (χ1n) is 4.63. The van der Waals surface area contributed by atoms with E-state index < -0.39 is 0 Å². The summed E-state index contributed by atoms with van der Waals surface area (Å²) in [4.78, 5) is 3.27. The number of fused-ring (bicyclic) bond motifs is 1. The van der Waals surface area contributed by atoms with E-state index in [1.807, 2.05) is 6.07 Å². The van der Waals surface area contributed by atoms with E-state index in [-0.39, 0.29) is 5.82 Å². The maximum absolute atomic E-state index is 12.9. The molecule has 0 fully saturated rings. The van der Waals surface area contributed by atoms with Crippen molar-refractivity contribution in [1.82, 2.24) is 4.98 Å². The Morgan fingerprint density at radius 1 is 1.29 bits per heavy atom. The zero-order chi connectivity index (χ0) is 9.97. The molecule has 0 saturated carbocycles. The van der Waals surface area contributed by atoms with Crippen molar-refractivity contribution < 1.29 is 4.39 Å². The molecule has 0 aliphatic rings. The van der Waals surface area contributed by atoms with Gasteiger partial charge in [0, 0.05) is 21.9 Å². The Hall–Kier alpha value is -0.830. The molecule has 0 aliphatic carbocycles. The topological polar surface area (TPSA) is 15.8 Å². The molecule has 0 radical (unpaired) electrons. The summed E-state index contributed by atoms with van der Waals surface area (Å²) in [6.45, 7) is 0. The Morgan fingerprint density at radius 3 is 2.93 bits per heavy atom. The number of rotatable bonds is 3. The van der Waals surface area contributed by atoms with E-state index in [0.717, 1.165) is 29.1 Å². The zero-order valence-corrected chi connectivity index (χ0v) is 9.27. The third-order valence-electron chi connectivity index (χ3n) is 2.22. The lowest BCUT2D eigenvalue weighted by Gasteiger charge is -1.91. The first-order valence-corrected chi connectivity index (χ1v) is 5.75. The molecule has 0 saturated heterocycles. The number of aromatic amines is 1. The summed E-state index contributed by atoms with van der Waals surface area (Å²) in [5, 5.41) is 1.95. The Morgan fingerprint density at radius 2 is 2.14 bits per heavy atom. The number of nitrogens with one attached hydrogen (secondary N) is 1. The van der Waals surface area contributed by atoms with Crippen LogP contribution in [0.5, 0.6) is 0 Å². The van der Waals surface area contributed by atoms with Gasteiger partial charge >= 0.3 is 0 Å². The van der Waals surface area contributed by atoms with Crippen LogP contribution in [-0.2, 0) is 6.42 Å². The second kappa shape index (κ2) is 4.13. The SMILES string of the molecule is Fc1ccc2[nH]c(CCCBr)cc2c1. The van der Waals surface area contributed by atoms with E-state index in [0.29, 0.717) is 0 Å². The number of benzene rings is 1. The van der Waals surface area contributed by atoms with Gasteiger partial charge in [-0.25, -0.2) is 4.39 Å². The molecular weight excluding hydrogens is 245 g/mol. The predicted molar refractivity (Wildman–Crippen MR) is 60.4 cm³/mol. The van der Waals surface area contributed by atoms with Gasteiger partial charge in [0.05, 0.1) is 0 Å². The second-order valence-corrected chi connectivity index (χ2v) is 4.11. The summed E-state index contributed by atoms with van der Waals surface area (Å²) in [5.41, 5.74) is 2.18. The number of alkyl halides is 1. The number of hydrogen-bond donors (Lipinski definition) is 1. The van der Waals surface area contributed by atoms with Crippen LogP contribution in [0.3, 0.4) is 0 Å². The van der Waals surface area contributed by atoms with Gasteiger partial charge in [-0.2, -0.15) is 0 Å². The highest BCUT2D eigenvalue weighted by Crippen LogP contribution is 2.17. The summed E-state index contributed by atoms with van der Waals surface area (Å²) >= 11 is 3.39. The van der Waals surface area contributed by atoms with Crippen LogP contribution < -0.4 is 0 Å². The standard InChI is InChI=1S/C11H11BrFN/c12-5-1-2-10-7-8-6-9(13)3-4-11(8)14-10/h3-4,6-7,14H,1-2,5H2. The minimum absolute atomic E-state index is 0.177. The average Bonchev–Trinajstić information content (AvgIpc) is 2.56. The zero-order valence-electron chi connectivity index (χ0n) is 7.69. The van der Waals surface area contributed by atoms with Crippen molar-refractivity contribution in [3.63, 3.8) is 0 Å². The molecule has 0 bridgehead atoms. The molecule has 2 aromatic rings. The molecule has 0 unspecified atom stereocenters. The Bertz CT molecular complexity index is 436. The van der Waals surface area contributed by atoms with Crippen molar-refractivity contribution in [3.8, 4) is 0 Å². The molecule has 1 aromatic heterocycles. The average molecular weight is 256 g/mol. The maximum Gasteiger partial charge on any atom is 0.123 e.